The molecule has 0 spiro atoms. The van der Waals surface area contributed by atoms with Crippen LogP contribution in [0.1, 0.15) is 35.3 Å². The Morgan fingerprint density at radius 3 is 2.69 bits per heavy atom. The van der Waals surface area contributed by atoms with Gasteiger partial charge in [-0.15, -0.1) is 12.6 Å². The summed E-state index contributed by atoms with van der Waals surface area (Å²) in [5, 5.41) is 8.86. The van der Waals surface area contributed by atoms with Crippen molar-refractivity contribution >= 4 is 18.6 Å². The summed E-state index contributed by atoms with van der Waals surface area (Å²) in [5.41, 5.74) is 1.70. The lowest BCUT2D eigenvalue weighted by molar-refractivity contribution is 0.0522. The van der Waals surface area contributed by atoms with Crippen LogP contribution in [0.4, 0.5) is 0 Å². The molecule has 0 heterocycles. The molecule has 1 aromatic carbocycles. The Kier molecular flexibility index (Phi) is 4.39. The molecule has 0 saturated carbocycles. The highest BCUT2D eigenvalue weighted by Gasteiger charge is 2.14. The summed E-state index contributed by atoms with van der Waals surface area (Å²) in [6, 6.07) is 5.28. The molecule has 0 amide bonds. The molecular weight excluding hydrogens is 222 g/mol. The van der Waals surface area contributed by atoms with E-state index in [0.717, 1.165) is 12.0 Å². The van der Waals surface area contributed by atoms with Crippen LogP contribution in [-0.4, -0.2) is 12.6 Å². The first-order valence-corrected chi connectivity index (χ1v) is 5.51. The van der Waals surface area contributed by atoms with Crippen LogP contribution < -0.4 is 0 Å². The number of nitriles is 1. The smallest absolute Gasteiger partial charge is 0.339 e. The zero-order chi connectivity index (χ0) is 12.1. The summed E-state index contributed by atoms with van der Waals surface area (Å²) < 4.78 is 4.91. The van der Waals surface area contributed by atoms with Crippen molar-refractivity contribution in [2.75, 3.05) is 6.61 Å². The Labute approximate surface area is 100 Å². The SMILES string of the molecule is CCOC(=O)c1cc(C#N)cc(CC)c1S. The van der Waals surface area contributed by atoms with E-state index in [4.69, 9.17) is 10.00 Å². The molecule has 4 heteroatoms. The van der Waals surface area contributed by atoms with E-state index in [1.54, 1.807) is 13.0 Å². The summed E-state index contributed by atoms with van der Waals surface area (Å²) >= 11 is 4.30. The molecule has 0 atom stereocenters. The van der Waals surface area contributed by atoms with Crippen molar-refractivity contribution in [1.29, 1.82) is 5.26 Å². The van der Waals surface area contributed by atoms with Crippen LogP contribution in [0.3, 0.4) is 0 Å². The minimum absolute atomic E-state index is 0.310. The Hall–Kier alpha value is -1.47. The van der Waals surface area contributed by atoms with Gasteiger partial charge in [-0.05, 0) is 31.0 Å². The molecule has 1 aromatic rings. The van der Waals surface area contributed by atoms with Gasteiger partial charge >= 0.3 is 5.97 Å². The lowest BCUT2D eigenvalue weighted by Crippen LogP contribution is -2.07. The molecule has 0 radical (unpaired) electrons. The maximum atomic E-state index is 11.6. The van der Waals surface area contributed by atoms with Gasteiger partial charge < -0.3 is 4.74 Å². The third-order valence-corrected chi connectivity index (χ3v) is 2.72. The fourth-order valence-corrected chi connectivity index (χ4v) is 1.77. The number of nitrogens with zero attached hydrogens (tertiary/aromatic N) is 1. The number of carbonyl (C=O) groups excluding carboxylic acids is 1. The molecule has 0 aliphatic carbocycles. The van der Waals surface area contributed by atoms with E-state index in [-0.39, 0.29) is 0 Å². The Morgan fingerprint density at radius 1 is 1.50 bits per heavy atom. The fraction of sp³-hybridized carbons (Fsp3) is 0.333. The summed E-state index contributed by atoms with van der Waals surface area (Å²) in [6.07, 6.45) is 0.723. The second-order valence-electron chi connectivity index (χ2n) is 3.22. The number of hydrogen-bond donors (Lipinski definition) is 1. The number of thiol groups is 1. The van der Waals surface area contributed by atoms with Crippen molar-refractivity contribution in [3.8, 4) is 6.07 Å². The number of ether oxygens (including phenoxy) is 1. The number of aryl methyl sites for hydroxylation is 1. The van der Waals surface area contributed by atoms with Crippen LogP contribution in [0.25, 0.3) is 0 Å². The van der Waals surface area contributed by atoms with Gasteiger partial charge in [-0.2, -0.15) is 5.26 Å². The average Bonchev–Trinajstić information content (AvgIpc) is 2.29. The zero-order valence-corrected chi connectivity index (χ0v) is 10.2. The maximum absolute atomic E-state index is 11.6. The average molecular weight is 235 g/mol. The highest BCUT2D eigenvalue weighted by Crippen LogP contribution is 2.22. The minimum atomic E-state index is -0.431. The first-order valence-electron chi connectivity index (χ1n) is 5.07. The van der Waals surface area contributed by atoms with Crippen LogP contribution in [0, 0.1) is 11.3 Å². The van der Waals surface area contributed by atoms with Crippen molar-refractivity contribution in [3.63, 3.8) is 0 Å². The first-order chi connectivity index (χ1) is 7.63. The molecule has 0 fully saturated rings. The molecule has 0 bridgehead atoms. The third-order valence-electron chi connectivity index (χ3n) is 2.19. The summed E-state index contributed by atoms with van der Waals surface area (Å²) in [5.74, 6) is -0.431. The maximum Gasteiger partial charge on any atom is 0.339 e. The predicted octanol–water partition coefficient (Wildman–Crippen LogP) is 2.59. The number of carbonyl (C=O) groups is 1. The van der Waals surface area contributed by atoms with E-state index in [1.807, 2.05) is 13.0 Å². The fourth-order valence-electron chi connectivity index (χ4n) is 1.39. The van der Waals surface area contributed by atoms with E-state index in [0.29, 0.717) is 22.6 Å². The quantitative estimate of drug-likeness (QED) is 0.647. The third kappa shape index (κ3) is 2.56. The van der Waals surface area contributed by atoms with Gasteiger partial charge in [0.2, 0.25) is 0 Å². The normalized spacial score (nSPS) is 9.62. The van der Waals surface area contributed by atoms with Crippen molar-refractivity contribution in [1.82, 2.24) is 0 Å². The van der Waals surface area contributed by atoms with Gasteiger partial charge in [0.25, 0.3) is 0 Å². The van der Waals surface area contributed by atoms with E-state index >= 15 is 0 Å². The number of rotatable bonds is 3. The molecule has 1 rings (SSSR count). The second kappa shape index (κ2) is 5.57. The van der Waals surface area contributed by atoms with E-state index in [1.165, 1.54) is 6.07 Å². The summed E-state index contributed by atoms with van der Waals surface area (Å²) in [7, 11) is 0. The largest absolute Gasteiger partial charge is 0.462 e. The van der Waals surface area contributed by atoms with E-state index < -0.39 is 5.97 Å². The number of benzene rings is 1. The molecule has 0 N–H and O–H groups in total. The molecule has 0 unspecified atom stereocenters. The Bertz CT molecular complexity index is 449. The van der Waals surface area contributed by atoms with Crippen molar-refractivity contribution in [2.45, 2.75) is 25.2 Å². The van der Waals surface area contributed by atoms with Crippen molar-refractivity contribution < 1.29 is 9.53 Å². The van der Waals surface area contributed by atoms with Crippen molar-refractivity contribution in [3.05, 3.63) is 28.8 Å². The van der Waals surface area contributed by atoms with Gasteiger partial charge in [0.05, 0.1) is 23.8 Å². The van der Waals surface area contributed by atoms with Gasteiger partial charge in [0, 0.05) is 4.90 Å². The standard InChI is InChI=1S/C12H13NO2S/c1-3-9-5-8(7-13)6-10(11(9)16)12(14)15-4-2/h5-6,16H,3-4H2,1-2H3. The molecule has 3 nitrogen and oxygen atoms in total. The Balaban J connectivity index is 3.27. The molecule has 16 heavy (non-hydrogen) atoms. The highest BCUT2D eigenvalue weighted by atomic mass is 32.1. The Morgan fingerprint density at radius 2 is 2.19 bits per heavy atom. The number of hydrogen-bond acceptors (Lipinski definition) is 4. The van der Waals surface area contributed by atoms with E-state index in [2.05, 4.69) is 12.6 Å². The highest BCUT2D eigenvalue weighted by molar-refractivity contribution is 7.80. The predicted molar refractivity (Wildman–Crippen MR) is 63.7 cm³/mol. The molecule has 0 aromatic heterocycles. The van der Waals surface area contributed by atoms with E-state index in [9.17, 15) is 4.79 Å². The minimum Gasteiger partial charge on any atom is -0.462 e. The van der Waals surface area contributed by atoms with Crippen LogP contribution in [0.5, 0.6) is 0 Å². The monoisotopic (exact) mass is 235 g/mol. The van der Waals surface area contributed by atoms with Crippen LogP contribution in [0.15, 0.2) is 17.0 Å². The lowest BCUT2D eigenvalue weighted by Gasteiger charge is -2.09. The molecule has 0 saturated heterocycles. The molecule has 84 valence electrons. The van der Waals surface area contributed by atoms with Crippen molar-refractivity contribution in [2.24, 2.45) is 0 Å². The van der Waals surface area contributed by atoms with Crippen LogP contribution in [-0.2, 0) is 11.2 Å². The summed E-state index contributed by atoms with van der Waals surface area (Å²) in [6.45, 7) is 4.00. The zero-order valence-electron chi connectivity index (χ0n) is 9.28. The lowest BCUT2D eigenvalue weighted by atomic mass is 10.0. The van der Waals surface area contributed by atoms with Gasteiger partial charge in [-0.3, -0.25) is 0 Å². The van der Waals surface area contributed by atoms with Crippen LogP contribution in [0.2, 0.25) is 0 Å². The van der Waals surface area contributed by atoms with Gasteiger partial charge in [-0.25, -0.2) is 4.79 Å². The molecule has 0 aliphatic heterocycles. The van der Waals surface area contributed by atoms with Gasteiger partial charge in [0.1, 0.15) is 0 Å². The number of esters is 1. The topological polar surface area (TPSA) is 50.1 Å². The first kappa shape index (κ1) is 12.6. The summed E-state index contributed by atoms with van der Waals surface area (Å²) in [4.78, 5) is 12.2. The molecular formula is C12H13NO2S. The molecule has 0 aliphatic rings. The van der Waals surface area contributed by atoms with Gasteiger partial charge in [0.15, 0.2) is 0 Å². The van der Waals surface area contributed by atoms with Gasteiger partial charge in [-0.1, -0.05) is 6.92 Å². The van der Waals surface area contributed by atoms with Crippen LogP contribution >= 0.6 is 12.6 Å². The second-order valence-corrected chi connectivity index (χ2v) is 3.66.